The molecule has 174 valence electrons. The predicted molar refractivity (Wildman–Crippen MR) is 125 cm³/mol. The zero-order valence-electron chi connectivity index (χ0n) is 18.6. The van der Waals surface area contributed by atoms with Crippen molar-refractivity contribution in [3.63, 3.8) is 0 Å². The lowest BCUT2D eigenvalue weighted by molar-refractivity contribution is -0.114. The summed E-state index contributed by atoms with van der Waals surface area (Å²) in [5, 5.41) is 10.1. The van der Waals surface area contributed by atoms with Crippen LogP contribution in [0.4, 0.5) is 15.8 Å². The van der Waals surface area contributed by atoms with Gasteiger partial charge in [-0.1, -0.05) is 0 Å². The number of morpholine rings is 1. The molecule has 4 rings (SSSR count). The average Bonchev–Trinajstić information content (AvgIpc) is 3.26. The Labute approximate surface area is 192 Å². The van der Waals surface area contributed by atoms with Gasteiger partial charge in [0.2, 0.25) is 5.91 Å². The lowest BCUT2D eigenvalue weighted by atomic mass is 10.1. The summed E-state index contributed by atoms with van der Waals surface area (Å²) in [5.41, 5.74) is 3.06. The van der Waals surface area contributed by atoms with E-state index in [0.717, 1.165) is 49.9 Å². The van der Waals surface area contributed by atoms with Gasteiger partial charge in [-0.2, -0.15) is 5.10 Å². The number of nitrogens with one attached hydrogen (secondary N) is 2. The van der Waals surface area contributed by atoms with Crippen molar-refractivity contribution in [2.24, 2.45) is 7.05 Å². The molecule has 0 aliphatic carbocycles. The standard InChI is InChI=1S/C24H28FN5O3/c1-29-22(8-9-27-29)21-16-20(28-24(31)17-26-19-4-2-18(25)3-5-19)6-7-23(21)33-15-12-30-10-13-32-14-11-30/h2-9,16,26H,10-15,17H2,1H3,(H,28,31). The van der Waals surface area contributed by atoms with Crippen LogP contribution in [-0.4, -0.2) is 66.6 Å². The molecule has 0 atom stereocenters. The Bertz CT molecular complexity index is 1060. The van der Waals surface area contributed by atoms with Crippen molar-refractivity contribution in [2.75, 3.05) is 56.6 Å². The van der Waals surface area contributed by atoms with E-state index in [1.807, 2.05) is 31.3 Å². The maximum Gasteiger partial charge on any atom is 0.243 e. The number of hydrogen-bond donors (Lipinski definition) is 2. The second kappa shape index (κ2) is 10.9. The Hall–Kier alpha value is -3.43. The molecule has 8 nitrogen and oxygen atoms in total. The number of amides is 1. The van der Waals surface area contributed by atoms with Crippen LogP contribution in [-0.2, 0) is 16.6 Å². The minimum Gasteiger partial charge on any atom is -0.492 e. The molecule has 0 saturated carbocycles. The third-order valence-corrected chi connectivity index (χ3v) is 5.43. The van der Waals surface area contributed by atoms with Crippen LogP contribution in [0.1, 0.15) is 0 Å². The number of carbonyl (C=O) groups is 1. The number of halogens is 1. The van der Waals surface area contributed by atoms with Crippen LogP contribution in [0.2, 0.25) is 0 Å². The molecule has 33 heavy (non-hydrogen) atoms. The molecule has 2 aromatic carbocycles. The quantitative estimate of drug-likeness (QED) is 0.519. The first-order chi connectivity index (χ1) is 16.1. The average molecular weight is 454 g/mol. The van der Waals surface area contributed by atoms with Gasteiger partial charge in [0.05, 0.1) is 25.5 Å². The Kier molecular flexibility index (Phi) is 7.54. The monoisotopic (exact) mass is 453 g/mol. The van der Waals surface area contributed by atoms with Crippen LogP contribution < -0.4 is 15.4 Å². The van der Waals surface area contributed by atoms with Crippen molar-refractivity contribution in [2.45, 2.75) is 0 Å². The van der Waals surface area contributed by atoms with Crippen molar-refractivity contribution >= 4 is 17.3 Å². The van der Waals surface area contributed by atoms with E-state index in [4.69, 9.17) is 9.47 Å². The third kappa shape index (κ3) is 6.30. The minimum absolute atomic E-state index is 0.0600. The Morgan fingerprint density at radius 2 is 1.88 bits per heavy atom. The van der Waals surface area contributed by atoms with Gasteiger partial charge in [0.25, 0.3) is 0 Å². The summed E-state index contributed by atoms with van der Waals surface area (Å²) >= 11 is 0. The number of aromatic nitrogens is 2. The summed E-state index contributed by atoms with van der Waals surface area (Å²) in [5.74, 6) is 0.200. The second-order valence-electron chi connectivity index (χ2n) is 7.76. The lowest BCUT2D eigenvalue weighted by Crippen LogP contribution is -2.38. The van der Waals surface area contributed by atoms with E-state index in [1.54, 1.807) is 23.0 Å². The third-order valence-electron chi connectivity index (χ3n) is 5.43. The summed E-state index contributed by atoms with van der Waals surface area (Å²) in [7, 11) is 1.87. The van der Waals surface area contributed by atoms with E-state index in [1.165, 1.54) is 12.1 Å². The fraction of sp³-hybridized carbons (Fsp3) is 0.333. The maximum absolute atomic E-state index is 13.0. The lowest BCUT2D eigenvalue weighted by Gasteiger charge is -2.26. The molecule has 1 saturated heterocycles. The van der Waals surface area contributed by atoms with Gasteiger partial charge in [-0.25, -0.2) is 4.39 Å². The van der Waals surface area contributed by atoms with Crippen molar-refractivity contribution < 1.29 is 18.7 Å². The molecule has 2 heterocycles. The van der Waals surface area contributed by atoms with Gasteiger partial charge in [0.1, 0.15) is 18.2 Å². The fourth-order valence-electron chi connectivity index (χ4n) is 3.64. The zero-order valence-corrected chi connectivity index (χ0v) is 18.6. The Morgan fingerprint density at radius 1 is 1.12 bits per heavy atom. The summed E-state index contributed by atoms with van der Waals surface area (Å²) in [4.78, 5) is 14.8. The largest absolute Gasteiger partial charge is 0.492 e. The maximum atomic E-state index is 13.0. The van der Waals surface area contributed by atoms with Crippen molar-refractivity contribution in [1.29, 1.82) is 0 Å². The van der Waals surface area contributed by atoms with Crippen LogP contribution >= 0.6 is 0 Å². The summed E-state index contributed by atoms with van der Waals surface area (Å²) in [6, 6.07) is 13.3. The smallest absolute Gasteiger partial charge is 0.243 e. The molecular formula is C24H28FN5O3. The highest BCUT2D eigenvalue weighted by Gasteiger charge is 2.14. The minimum atomic E-state index is -0.319. The van der Waals surface area contributed by atoms with E-state index in [2.05, 4.69) is 20.6 Å². The molecule has 2 N–H and O–H groups in total. The number of rotatable bonds is 9. The topological polar surface area (TPSA) is 80.7 Å². The number of benzene rings is 2. The SMILES string of the molecule is Cn1nccc1-c1cc(NC(=O)CNc2ccc(F)cc2)ccc1OCCN1CCOCC1. The van der Waals surface area contributed by atoms with Gasteiger partial charge in [-0.05, 0) is 48.5 Å². The number of anilines is 2. The Balaban J connectivity index is 1.41. The van der Waals surface area contributed by atoms with Crippen molar-refractivity contribution in [1.82, 2.24) is 14.7 Å². The van der Waals surface area contributed by atoms with E-state index in [9.17, 15) is 9.18 Å². The van der Waals surface area contributed by atoms with Crippen LogP contribution in [0.3, 0.4) is 0 Å². The van der Waals surface area contributed by atoms with Gasteiger partial charge < -0.3 is 20.1 Å². The van der Waals surface area contributed by atoms with E-state index < -0.39 is 0 Å². The predicted octanol–water partition coefficient (Wildman–Crippen LogP) is 2.99. The molecule has 0 radical (unpaired) electrons. The van der Waals surface area contributed by atoms with Crippen LogP contribution in [0.5, 0.6) is 5.75 Å². The molecule has 0 bridgehead atoms. The summed E-state index contributed by atoms with van der Waals surface area (Å²) < 4.78 is 26.3. The molecule has 1 amide bonds. The molecule has 1 fully saturated rings. The molecule has 9 heteroatoms. The van der Waals surface area contributed by atoms with Crippen molar-refractivity contribution in [3.05, 3.63) is 60.5 Å². The van der Waals surface area contributed by atoms with E-state index in [-0.39, 0.29) is 18.3 Å². The highest BCUT2D eigenvalue weighted by atomic mass is 19.1. The number of carbonyl (C=O) groups excluding carboxylic acids is 1. The van der Waals surface area contributed by atoms with Gasteiger partial charge in [0.15, 0.2) is 0 Å². The van der Waals surface area contributed by atoms with Gasteiger partial charge in [0, 0.05) is 49.8 Å². The fourth-order valence-corrected chi connectivity index (χ4v) is 3.64. The van der Waals surface area contributed by atoms with Crippen LogP contribution in [0, 0.1) is 5.82 Å². The highest BCUT2D eigenvalue weighted by Crippen LogP contribution is 2.32. The summed E-state index contributed by atoms with van der Waals surface area (Å²) in [6.07, 6.45) is 1.73. The number of nitrogens with zero attached hydrogens (tertiary/aromatic N) is 3. The molecule has 1 aliphatic heterocycles. The Morgan fingerprint density at radius 3 is 2.61 bits per heavy atom. The highest BCUT2D eigenvalue weighted by molar-refractivity contribution is 5.94. The molecule has 0 spiro atoms. The van der Waals surface area contributed by atoms with Crippen LogP contribution in [0.25, 0.3) is 11.3 Å². The van der Waals surface area contributed by atoms with Gasteiger partial charge in [-0.15, -0.1) is 0 Å². The molecule has 1 aromatic heterocycles. The zero-order chi connectivity index (χ0) is 23.0. The molecule has 1 aliphatic rings. The van der Waals surface area contributed by atoms with Crippen molar-refractivity contribution in [3.8, 4) is 17.0 Å². The van der Waals surface area contributed by atoms with Gasteiger partial charge >= 0.3 is 0 Å². The van der Waals surface area contributed by atoms with Crippen LogP contribution in [0.15, 0.2) is 54.7 Å². The second-order valence-corrected chi connectivity index (χ2v) is 7.76. The normalized spacial score (nSPS) is 14.1. The number of hydrogen-bond acceptors (Lipinski definition) is 6. The number of aryl methyl sites for hydroxylation is 1. The van der Waals surface area contributed by atoms with E-state index >= 15 is 0 Å². The number of ether oxygens (including phenoxy) is 2. The van der Waals surface area contributed by atoms with E-state index in [0.29, 0.717) is 18.0 Å². The first-order valence-electron chi connectivity index (χ1n) is 10.9. The van der Waals surface area contributed by atoms with Gasteiger partial charge in [-0.3, -0.25) is 14.4 Å². The summed E-state index contributed by atoms with van der Waals surface area (Å²) in [6.45, 7) is 4.77. The molecule has 0 unspecified atom stereocenters. The first kappa shape index (κ1) is 22.8. The molecular weight excluding hydrogens is 425 g/mol. The molecule has 3 aromatic rings. The first-order valence-corrected chi connectivity index (χ1v) is 10.9.